The van der Waals surface area contributed by atoms with Crippen molar-refractivity contribution >= 4 is 27.5 Å². The number of allylic oxidation sites excluding steroid dienone is 1. The molecule has 0 spiro atoms. The van der Waals surface area contributed by atoms with Crippen LogP contribution in [0.5, 0.6) is 11.5 Å². The first-order valence-corrected chi connectivity index (χ1v) is 11.4. The van der Waals surface area contributed by atoms with Gasteiger partial charge in [-0.1, -0.05) is 48.0 Å². The van der Waals surface area contributed by atoms with Crippen molar-refractivity contribution in [3.8, 4) is 17.6 Å². The zero-order chi connectivity index (χ0) is 22.3. The van der Waals surface area contributed by atoms with Gasteiger partial charge in [-0.3, -0.25) is 0 Å². The lowest BCUT2D eigenvalue weighted by atomic mass is 10.2. The average molecular weight is 454 g/mol. The van der Waals surface area contributed by atoms with Crippen molar-refractivity contribution in [1.29, 1.82) is 5.26 Å². The van der Waals surface area contributed by atoms with E-state index in [9.17, 15) is 13.7 Å². The number of nitriles is 1. The molecule has 31 heavy (non-hydrogen) atoms. The van der Waals surface area contributed by atoms with E-state index in [1.165, 1.54) is 18.2 Å². The van der Waals surface area contributed by atoms with Gasteiger partial charge in [0.05, 0.1) is 11.5 Å². The third-order valence-electron chi connectivity index (χ3n) is 4.33. The van der Waals surface area contributed by atoms with Gasteiger partial charge in [0, 0.05) is 5.02 Å². The van der Waals surface area contributed by atoms with Gasteiger partial charge in [0.2, 0.25) is 9.84 Å². The van der Waals surface area contributed by atoms with Crippen LogP contribution in [0.2, 0.25) is 5.02 Å². The predicted molar refractivity (Wildman–Crippen MR) is 121 cm³/mol. The number of sulfone groups is 1. The van der Waals surface area contributed by atoms with Gasteiger partial charge in [-0.15, -0.1) is 0 Å². The van der Waals surface area contributed by atoms with Crippen molar-refractivity contribution in [2.24, 2.45) is 0 Å². The molecule has 0 atom stereocenters. The molecule has 0 radical (unpaired) electrons. The minimum Gasteiger partial charge on any atom is -0.490 e. The van der Waals surface area contributed by atoms with Crippen LogP contribution >= 0.6 is 11.6 Å². The summed E-state index contributed by atoms with van der Waals surface area (Å²) in [6.45, 7) is 2.56. The first-order valence-electron chi connectivity index (χ1n) is 9.50. The highest BCUT2D eigenvalue weighted by Gasteiger charge is 2.20. The van der Waals surface area contributed by atoms with E-state index in [0.717, 1.165) is 5.56 Å². The van der Waals surface area contributed by atoms with E-state index in [4.69, 9.17) is 21.1 Å². The largest absolute Gasteiger partial charge is 0.490 e. The molecule has 0 amide bonds. The second-order valence-corrected chi connectivity index (χ2v) is 8.85. The van der Waals surface area contributed by atoms with Crippen LogP contribution in [0, 0.1) is 11.3 Å². The van der Waals surface area contributed by atoms with Crippen LogP contribution in [0.4, 0.5) is 0 Å². The minimum absolute atomic E-state index is 0.0655. The van der Waals surface area contributed by atoms with Crippen molar-refractivity contribution < 1.29 is 17.9 Å². The third kappa shape index (κ3) is 5.66. The van der Waals surface area contributed by atoms with Crippen LogP contribution < -0.4 is 9.47 Å². The summed E-state index contributed by atoms with van der Waals surface area (Å²) in [5.41, 5.74) is 1.45. The van der Waals surface area contributed by atoms with Crippen LogP contribution in [0.25, 0.3) is 6.08 Å². The summed E-state index contributed by atoms with van der Waals surface area (Å²) in [5.74, 6) is 0.970. The SMILES string of the molecule is CCOc1cc(/C=C(/C#N)S(=O)(=O)c2ccccc2)ccc1OCc1ccc(Cl)cc1. The number of ether oxygens (including phenoxy) is 2. The Morgan fingerprint density at radius 2 is 1.71 bits per heavy atom. The molecular formula is C24H20ClNO4S. The summed E-state index contributed by atoms with van der Waals surface area (Å²) < 4.78 is 37.1. The lowest BCUT2D eigenvalue weighted by molar-refractivity contribution is 0.269. The van der Waals surface area contributed by atoms with Gasteiger partial charge in [0.1, 0.15) is 17.6 Å². The van der Waals surface area contributed by atoms with Crippen molar-refractivity contribution in [2.75, 3.05) is 6.61 Å². The molecule has 5 nitrogen and oxygen atoms in total. The molecule has 158 valence electrons. The highest BCUT2D eigenvalue weighted by Crippen LogP contribution is 2.31. The summed E-state index contributed by atoms with van der Waals surface area (Å²) in [4.78, 5) is -0.285. The van der Waals surface area contributed by atoms with E-state index in [1.807, 2.05) is 19.1 Å². The first kappa shape index (κ1) is 22.4. The highest BCUT2D eigenvalue weighted by molar-refractivity contribution is 7.95. The number of benzene rings is 3. The zero-order valence-electron chi connectivity index (χ0n) is 16.8. The van der Waals surface area contributed by atoms with E-state index in [2.05, 4.69) is 0 Å². The van der Waals surface area contributed by atoms with E-state index in [0.29, 0.717) is 35.3 Å². The van der Waals surface area contributed by atoms with Crippen LogP contribution in [0.3, 0.4) is 0 Å². The van der Waals surface area contributed by atoms with Crippen molar-refractivity contribution in [1.82, 2.24) is 0 Å². The van der Waals surface area contributed by atoms with Gasteiger partial charge in [-0.05, 0) is 60.5 Å². The number of halogens is 1. The smallest absolute Gasteiger partial charge is 0.216 e. The highest BCUT2D eigenvalue weighted by atomic mass is 35.5. The lowest BCUT2D eigenvalue weighted by Gasteiger charge is -2.13. The normalized spacial score (nSPS) is 11.6. The maximum Gasteiger partial charge on any atom is 0.216 e. The molecule has 0 aliphatic rings. The van der Waals surface area contributed by atoms with Crippen molar-refractivity contribution in [2.45, 2.75) is 18.4 Å². The van der Waals surface area contributed by atoms with Gasteiger partial charge in [0.15, 0.2) is 11.5 Å². The summed E-state index contributed by atoms with van der Waals surface area (Å²) in [5, 5.41) is 10.1. The van der Waals surface area contributed by atoms with E-state index >= 15 is 0 Å². The molecule has 0 heterocycles. The van der Waals surface area contributed by atoms with Gasteiger partial charge in [-0.25, -0.2) is 8.42 Å². The van der Waals surface area contributed by atoms with E-state index in [1.54, 1.807) is 54.6 Å². The van der Waals surface area contributed by atoms with Crippen LogP contribution in [-0.4, -0.2) is 15.0 Å². The molecule has 0 aromatic heterocycles. The summed E-state index contributed by atoms with van der Waals surface area (Å²) in [6, 6.07) is 22.0. The Morgan fingerprint density at radius 1 is 1.00 bits per heavy atom. The lowest BCUT2D eigenvalue weighted by Crippen LogP contribution is -2.03. The topological polar surface area (TPSA) is 76.4 Å². The summed E-state index contributed by atoms with van der Waals surface area (Å²) >= 11 is 5.91. The Balaban J connectivity index is 1.88. The predicted octanol–water partition coefficient (Wildman–Crippen LogP) is 5.66. The Morgan fingerprint density at radius 3 is 2.35 bits per heavy atom. The number of hydrogen-bond donors (Lipinski definition) is 0. The molecule has 0 bridgehead atoms. The van der Waals surface area contributed by atoms with Gasteiger partial charge in [0.25, 0.3) is 0 Å². The maximum absolute atomic E-state index is 12.8. The molecule has 3 aromatic rings. The third-order valence-corrected chi connectivity index (χ3v) is 6.26. The number of rotatable bonds is 8. The van der Waals surface area contributed by atoms with Crippen molar-refractivity contribution in [3.05, 3.63) is 93.9 Å². The van der Waals surface area contributed by atoms with Gasteiger partial charge in [-0.2, -0.15) is 5.26 Å². The fourth-order valence-electron chi connectivity index (χ4n) is 2.79. The molecule has 0 aliphatic heterocycles. The molecule has 3 rings (SSSR count). The zero-order valence-corrected chi connectivity index (χ0v) is 18.4. The van der Waals surface area contributed by atoms with Crippen LogP contribution in [0.15, 0.2) is 82.6 Å². The maximum atomic E-state index is 12.8. The molecule has 3 aromatic carbocycles. The quantitative estimate of drug-likeness (QED) is 0.411. The molecule has 0 saturated carbocycles. The molecule has 0 aliphatic carbocycles. The second-order valence-electron chi connectivity index (χ2n) is 6.49. The Bertz CT molecular complexity index is 1210. The summed E-state index contributed by atoms with van der Waals surface area (Å²) in [7, 11) is -3.92. The van der Waals surface area contributed by atoms with Gasteiger partial charge >= 0.3 is 0 Å². The molecule has 0 N–H and O–H groups in total. The monoisotopic (exact) mass is 453 g/mol. The molecule has 0 unspecified atom stereocenters. The number of nitrogens with zero attached hydrogens (tertiary/aromatic N) is 1. The fraction of sp³-hybridized carbons (Fsp3) is 0.125. The van der Waals surface area contributed by atoms with E-state index < -0.39 is 9.84 Å². The molecule has 0 fully saturated rings. The van der Waals surface area contributed by atoms with Crippen molar-refractivity contribution in [3.63, 3.8) is 0 Å². The van der Waals surface area contributed by atoms with Crippen LogP contribution in [0.1, 0.15) is 18.1 Å². The standard InChI is InChI=1S/C24H20ClNO4S/c1-2-29-24-15-19(10-13-23(24)30-17-18-8-11-20(25)12-9-18)14-22(16-26)31(27,28)21-6-4-3-5-7-21/h3-15H,2,17H2,1H3/b22-14-. The Kier molecular flexibility index (Phi) is 7.35. The molecular weight excluding hydrogens is 434 g/mol. The van der Waals surface area contributed by atoms with Crippen LogP contribution in [-0.2, 0) is 16.4 Å². The Labute approximate surface area is 187 Å². The average Bonchev–Trinajstić information content (AvgIpc) is 2.78. The fourth-order valence-corrected chi connectivity index (χ4v) is 4.10. The van der Waals surface area contributed by atoms with Gasteiger partial charge < -0.3 is 9.47 Å². The Hall–Kier alpha value is -3.27. The molecule has 7 heteroatoms. The second kappa shape index (κ2) is 10.2. The minimum atomic E-state index is -3.92. The van der Waals surface area contributed by atoms with E-state index in [-0.39, 0.29) is 9.80 Å². The summed E-state index contributed by atoms with van der Waals surface area (Å²) in [6.07, 6.45) is 1.33. The first-order chi connectivity index (χ1) is 14.9. The number of hydrogen-bond acceptors (Lipinski definition) is 5. The molecule has 0 saturated heterocycles.